The van der Waals surface area contributed by atoms with Gasteiger partial charge in [-0.3, -0.25) is 9.79 Å². The lowest BCUT2D eigenvalue weighted by Crippen LogP contribution is -2.50. The van der Waals surface area contributed by atoms with Crippen LogP contribution in [0.3, 0.4) is 0 Å². The summed E-state index contributed by atoms with van der Waals surface area (Å²) in [5.74, 6) is 0.265. The number of guanidine groups is 1. The maximum Gasteiger partial charge on any atom is 0.416 e. The summed E-state index contributed by atoms with van der Waals surface area (Å²) < 4.78 is 37.7. The van der Waals surface area contributed by atoms with Crippen molar-refractivity contribution in [2.45, 2.75) is 44.9 Å². The van der Waals surface area contributed by atoms with Gasteiger partial charge >= 0.3 is 6.18 Å². The molecule has 1 heterocycles. The van der Waals surface area contributed by atoms with Crippen LogP contribution in [0.25, 0.3) is 0 Å². The summed E-state index contributed by atoms with van der Waals surface area (Å²) in [7, 11) is 1.69. The summed E-state index contributed by atoms with van der Waals surface area (Å²) in [4.78, 5) is 18.7. The Hall–Kier alpha value is -2.29. The largest absolute Gasteiger partial charge is 0.416 e. The highest BCUT2D eigenvalue weighted by Crippen LogP contribution is 2.29. The molecule has 9 heteroatoms. The van der Waals surface area contributed by atoms with Gasteiger partial charge in [-0.15, -0.1) is 0 Å². The van der Waals surface area contributed by atoms with Crippen LogP contribution in [0.2, 0.25) is 0 Å². The Balaban J connectivity index is 1.70. The van der Waals surface area contributed by atoms with Gasteiger partial charge in [-0.25, -0.2) is 0 Å². The average molecular weight is 413 g/mol. The van der Waals surface area contributed by atoms with Gasteiger partial charge in [0.2, 0.25) is 0 Å². The van der Waals surface area contributed by atoms with Gasteiger partial charge in [0, 0.05) is 50.9 Å². The number of hydrogen-bond acceptors (Lipinski definition) is 3. The van der Waals surface area contributed by atoms with Gasteiger partial charge in [-0.05, 0) is 51.0 Å². The highest BCUT2D eigenvalue weighted by molar-refractivity contribution is 5.94. The van der Waals surface area contributed by atoms with E-state index >= 15 is 0 Å². The summed E-state index contributed by atoms with van der Waals surface area (Å²) in [6.45, 7) is 7.29. The Labute approximate surface area is 169 Å². The van der Waals surface area contributed by atoms with Crippen LogP contribution >= 0.6 is 0 Å². The Kier molecular flexibility index (Phi) is 8.31. The van der Waals surface area contributed by atoms with Crippen molar-refractivity contribution in [3.8, 4) is 0 Å². The number of rotatable bonds is 6. The molecule has 1 aliphatic rings. The zero-order chi connectivity index (χ0) is 21.4. The molecule has 0 saturated carbocycles. The molecule has 1 amide bonds. The van der Waals surface area contributed by atoms with E-state index in [-0.39, 0.29) is 5.56 Å². The quantitative estimate of drug-likeness (QED) is 0.381. The first-order valence-electron chi connectivity index (χ1n) is 9.87. The van der Waals surface area contributed by atoms with E-state index < -0.39 is 17.6 Å². The summed E-state index contributed by atoms with van der Waals surface area (Å²) in [5.41, 5.74) is -0.581. The Morgan fingerprint density at radius 3 is 2.24 bits per heavy atom. The van der Waals surface area contributed by atoms with Crippen LogP contribution in [0.1, 0.15) is 42.6 Å². The average Bonchev–Trinajstić information content (AvgIpc) is 2.69. The van der Waals surface area contributed by atoms with Crippen molar-refractivity contribution in [1.29, 1.82) is 0 Å². The second kappa shape index (κ2) is 10.5. The molecule has 0 spiro atoms. The number of nitrogens with zero attached hydrogens (tertiary/aromatic N) is 2. The second-order valence-electron chi connectivity index (χ2n) is 7.38. The predicted octanol–water partition coefficient (Wildman–Crippen LogP) is 2.47. The summed E-state index contributed by atoms with van der Waals surface area (Å²) in [6, 6.07) is 5.08. The van der Waals surface area contributed by atoms with Crippen LogP contribution in [-0.2, 0) is 6.18 Å². The van der Waals surface area contributed by atoms with E-state index in [4.69, 9.17) is 0 Å². The first-order chi connectivity index (χ1) is 13.7. The second-order valence-corrected chi connectivity index (χ2v) is 7.38. The number of likely N-dealkylation sites (tertiary alicyclic amines) is 1. The van der Waals surface area contributed by atoms with Crippen molar-refractivity contribution in [3.63, 3.8) is 0 Å². The molecule has 6 nitrogen and oxygen atoms in total. The van der Waals surface area contributed by atoms with E-state index in [0.29, 0.717) is 31.1 Å². The molecule has 1 aromatic carbocycles. The molecule has 2 rings (SSSR count). The number of alkyl halides is 3. The number of piperidine rings is 1. The molecule has 1 saturated heterocycles. The van der Waals surface area contributed by atoms with Crippen LogP contribution in [-0.4, -0.2) is 62.1 Å². The van der Waals surface area contributed by atoms with Crippen molar-refractivity contribution in [1.82, 2.24) is 20.9 Å². The molecule has 29 heavy (non-hydrogen) atoms. The van der Waals surface area contributed by atoms with E-state index in [9.17, 15) is 18.0 Å². The minimum Gasteiger partial charge on any atom is -0.355 e. The monoisotopic (exact) mass is 413 g/mol. The standard InChI is InChI=1S/C20H30F3N5O/c1-14(2)28-12-8-17(9-13-28)27-19(24-3)26-11-10-25-18(29)15-4-6-16(7-5-15)20(21,22)23/h4-7,14,17H,8-13H2,1-3H3,(H,25,29)(H2,24,26,27). The molecule has 1 aliphatic heterocycles. The number of hydrogen-bond donors (Lipinski definition) is 3. The fourth-order valence-corrected chi connectivity index (χ4v) is 3.22. The van der Waals surface area contributed by atoms with E-state index in [0.717, 1.165) is 38.1 Å². The summed E-state index contributed by atoms with van der Waals surface area (Å²) in [6.07, 6.45) is -2.32. The number of amides is 1. The van der Waals surface area contributed by atoms with Crippen molar-refractivity contribution < 1.29 is 18.0 Å². The fourth-order valence-electron chi connectivity index (χ4n) is 3.22. The van der Waals surface area contributed by atoms with E-state index in [1.807, 2.05) is 0 Å². The van der Waals surface area contributed by atoms with Gasteiger partial charge in [0.25, 0.3) is 5.91 Å². The minimum atomic E-state index is -4.41. The lowest BCUT2D eigenvalue weighted by molar-refractivity contribution is -0.137. The zero-order valence-corrected chi connectivity index (χ0v) is 17.1. The van der Waals surface area contributed by atoms with Gasteiger partial charge in [-0.1, -0.05) is 0 Å². The number of benzene rings is 1. The molecule has 0 radical (unpaired) electrons. The SMILES string of the molecule is CN=C(NCCNC(=O)c1ccc(C(F)(F)F)cc1)NC1CCN(C(C)C)CC1. The fraction of sp³-hybridized carbons (Fsp3) is 0.600. The van der Waals surface area contributed by atoms with Crippen LogP contribution in [0.4, 0.5) is 13.2 Å². The van der Waals surface area contributed by atoms with Crippen LogP contribution in [0.5, 0.6) is 0 Å². The van der Waals surface area contributed by atoms with Crippen molar-refractivity contribution >= 4 is 11.9 Å². The Morgan fingerprint density at radius 2 is 1.72 bits per heavy atom. The maximum absolute atomic E-state index is 12.6. The molecule has 1 fully saturated rings. The van der Waals surface area contributed by atoms with Crippen LogP contribution in [0, 0.1) is 0 Å². The van der Waals surface area contributed by atoms with Gasteiger partial charge < -0.3 is 20.9 Å². The topological polar surface area (TPSA) is 68.8 Å². The van der Waals surface area contributed by atoms with Crippen LogP contribution < -0.4 is 16.0 Å². The molecular formula is C20H30F3N5O. The molecule has 0 unspecified atom stereocenters. The number of carbonyl (C=O) groups excluding carboxylic acids is 1. The highest BCUT2D eigenvalue weighted by Gasteiger charge is 2.30. The molecule has 0 aliphatic carbocycles. The molecule has 0 bridgehead atoms. The molecule has 3 N–H and O–H groups in total. The number of carbonyl (C=O) groups is 1. The highest BCUT2D eigenvalue weighted by atomic mass is 19.4. The third kappa shape index (κ3) is 7.23. The first kappa shape index (κ1) is 23.0. The number of aliphatic imine (C=N–C) groups is 1. The lowest BCUT2D eigenvalue weighted by atomic mass is 10.0. The maximum atomic E-state index is 12.6. The molecule has 1 aromatic rings. The van der Waals surface area contributed by atoms with Gasteiger partial charge in [-0.2, -0.15) is 13.2 Å². The number of halogens is 3. The normalized spacial score (nSPS) is 16.7. The van der Waals surface area contributed by atoms with Crippen molar-refractivity contribution in [2.75, 3.05) is 33.2 Å². The molecule has 162 valence electrons. The van der Waals surface area contributed by atoms with E-state index in [1.165, 1.54) is 12.1 Å². The van der Waals surface area contributed by atoms with Gasteiger partial charge in [0.05, 0.1) is 5.56 Å². The third-order valence-corrected chi connectivity index (χ3v) is 5.00. The predicted molar refractivity (Wildman–Crippen MR) is 108 cm³/mol. The van der Waals surface area contributed by atoms with Crippen LogP contribution in [0.15, 0.2) is 29.3 Å². The molecule has 0 atom stereocenters. The Bertz CT molecular complexity index is 680. The summed E-state index contributed by atoms with van der Waals surface area (Å²) in [5, 5.41) is 9.23. The number of nitrogens with one attached hydrogen (secondary N) is 3. The van der Waals surface area contributed by atoms with Crippen molar-refractivity contribution in [3.05, 3.63) is 35.4 Å². The molecular weight excluding hydrogens is 383 g/mol. The van der Waals surface area contributed by atoms with E-state index in [2.05, 4.69) is 39.7 Å². The Morgan fingerprint density at radius 1 is 1.14 bits per heavy atom. The molecule has 0 aromatic heterocycles. The minimum absolute atomic E-state index is 0.192. The zero-order valence-electron chi connectivity index (χ0n) is 17.1. The van der Waals surface area contributed by atoms with Gasteiger partial charge in [0.1, 0.15) is 0 Å². The first-order valence-corrected chi connectivity index (χ1v) is 9.87. The van der Waals surface area contributed by atoms with E-state index in [1.54, 1.807) is 7.05 Å². The third-order valence-electron chi connectivity index (χ3n) is 5.00. The van der Waals surface area contributed by atoms with Gasteiger partial charge in [0.15, 0.2) is 5.96 Å². The summed E-state index contributed by atoms with van der Waals surface area (Å²) >= 11 is 0. The van der Waals surface area contributed by atoms with Crippen molar-refractivity contribution in [2.24, 2.45) is 4.99 Å². The smallest absolute Gasteiger partial charge is 0.355 e. The lowest BCUT2D eigenvalue weighted by Gasteiger charge is -2.35.